The first-order valence-corrected chi connectivity index (χ1v) is 9.28. The van der Waals surface area contributed by atoms with E-state index in [2.05, 4.69) is 15.4 Å². The lowest BCUT2D eigenvalue weighted by molar-refractivity contribution is 0.100. The Morgan fingerprint density at radius 1 is 1.39 bits per heavy atom. The van der Waals surface area contributed by atoms with E-state index in [1.165, 1.54) is 19.0 Å². The van der Waals surface area contributed by atoms with Crippen molar-refractivity contribution in [2.45, 2.75) is 25.3 Å². The lowest BCUT2D eigenvalue weighted by atomic mass is 10.1. The zero-order valence-electron chi connectivity index (χ0n) is 15.6. The maximum atomic E-state index is 12.0. The van der Waals surface area contributed by atoms with E-state index in [9.17, 15) is 9.90 Å². The van der Waals surface area contributed by atoms with E-state index >= 15 is 0 Å². The van der Waals surface area contributed by atoms with Crippen molar-refractivity contribution in [3.8, 4) is 17.0 Å². The predicted molar refractivity (Wildman–Crippen MR) is 105 cm³/mol. The summed E-state index contributed by atoms with van der Waals surface area (Å²) in [6.45, 7) is -0.0147. The Labute approximate surface area is 162 Å². The molecule has 1 amide bonds. The summed E-state index contributed by atoms with van der Waals surface area (Å²) in [4.78, 5) is 16.2. The van der Waals surface area contributed by atoms with Gasteiger partial charge in [0.2, 0.25) is 5.88 Å². The van der Waals surface area contributed by atoms with E-state index in [1.54, 1.807) is 23.9 Å². The highest BCUT2D eigenvalue weighted by atomic mass is 16.5. The van der Waals surface area contributed by atoms with E-state index in [1.807, 2.05) is 18.3 Å². The first-order chi connectivity index (χ1) is 13.6. The number of hydrogen-bond acceptors (Lipinski definition) is 6. The highest BCUT2D eigenvalue weighted by Gasteiger charge is 2.26. The highest BCUT2D eigenvalue weighted by Crippen LogP contribution is 2.35. The maximum Gasteiger partial charge on any atom is 0.252 e. The molecule has 1 atom stereocenters. The highest BCUT2D eigenvalue weighted by molar-refractivity contribution is 6.02. The number of rotatable bonds is 8. The molecule has 4 N–H and O–H groups in total. The molecule has 1 saturated carbocycles. The minimum Gasteiger partial charge on any atom is -0.481 e. The summed E-state index contributed by atoms with van der Waals surface area (Å²) in [5.74, 6) is 0.608. The standard InChI is InChI=1S/C20H23N5O3/c1-28-18-5-4-13(8-22-18)14-7-17-19(24-15(11-26)6-12-2-3-12)16(20(21)27)9-23-25(17)10-14/h4-5,7-10,12,15,24,26H,2-3,6,11H2,1H3,(H2,21,27)/t15-/m0/s1. The zero-order valence-corrected chi connectivity index (χ0v) is 15.6. The molecular formula is C20H23N5O3. The molecule has 0 spiro atoms. The molecule has 3 aromatic rings. The summed E-state index contributed by atoms with van der Waals surface area (Å²) in [7, 11) is 1.57. The number of anilines is 1. The first kappa shape index (κ1) is 18.2. The minimum atomic E-state index is -0.561. The van der Waals surface area contributed by atoms with Crippen LogP contribution in [-0.4, -0.2) is 45.4 Å². The minimum absolute atomic E-state index is 0.0147. The van der Waals surface area contributed by atoms with Gasteiger partial charge in [-0.3, -0.25) is 4.79 Å². The Morgan fingerprint density at radius 2 is 2.21 bits per heavy atom. The van der Waals surface area contributed by atoms with Gasteiger partial charge >= 0.3 is 0 Å². The number of hydrogen-bond donors (Lipinski definition) is 3. The van der Waals surface area contributed by atoms with Crippen molar-refractivity contribution in [1.29, 1.82) is 0 Å². The molecule has 3 heterocycles. The number of nitrogens with zero attached hydrogens (tertiary/aromatic N) is 3. The molecule has 3 aromatic heterocycles. The van der Waals surface area contributed by atoms with Crippen LogP contribution in [0.25, 0.3) is 16.6 Å². The number of aliphatic hydroxyl groups is 1. The van der Waals surface area contributed by atoms with Crippen molar-refractivity contribution >= 4 is 17.1 Å². The van der Waals surface area contributed by atoms with Gasteiger partial charge in [-0.05, 0) is 24.5 Å². The molecule has 0 bridgehead atoms. The molecule has 4 rings (SSSR count). The van der Waals surface area contributed by atoms with Crippen LogP contribution >= 0.6 is 0 Å². The van der Waals surface area contributed by atoms with Crippen LogP contribution in [0.5, 0.6) is 5.88 Å². The molecule has 0 unspecified atom stereocenters. The topological polar surface area (TPSA) is 115 Å². The third-order valence-electron chi connectivity index (χ3n) is 5.07. The fourth-order valence-electron chi connectivity index (χ4n) is 3.36. The Balaban J connectivity index is 1.74. The molecule has 1 aliphatic carbocycles. The lowest BCUT2D eigenvalue weighted by Gasteiger charge is -2.19. The third-order valence-corrected chi connectivity index (χ3v) is 5.07. The quantitative estimate of drug-likeness (QED) is 0.550. The van der Waals surface area contributed by atoms with Crippen LogP contribution < -0.4 is 15.8 Å². The number of primary amides is 1. The molecule has 146 valence electrons. The third kappa shape index (κ3) is 3.63. The smallest absolute Gasteiger partial charge is 0.252 e. The molecular weight excluding hydrogens is 358 g/mol. The molecule has 0 aromatic carbocycles. The fourth-order valence-corrected chi connectivity index (χ4v) is 3.36. The van der Waals surface area contributed by atoms with Crippen LogP contribution in [0.15, 0.2) is 36.8 Å². The van der Waals surface area contributed by atoms with Crippen LogP contribution in [0, 0.1) is 5.92 Å². The second-order valence-corrected chi connectivity index (χ2v) is 7.15. The monoisotopic (exact) mass is 381 g/mol. The van der Waals surface area contributed by atoms with E-state index in [-0.39, 0.29) is 12.6 Å². The van der Waals surface area contributed by atoms with Gasteiger partial charge in [-0.15, -0.1) is 0 Å². The second-order valence-electron chi connectivity index (χ2n) is 7.15. The van der Waals surface area contributed by atoms with Crippen molar-refractivity contribution in [1.82, 2.24) is 14.6 Å². The van der Waals surface area contributed by atoms with E-state index in [0.29, 0.717) is 23.0 Å². The number of nitrogens with one attached hydrogen (secondary N) is 1. The number of fused-ring (bicyclic) bond motifs is 1. The van der Waals surface area contributed by atoms with Crippen LogP contribution in [0.2, 0.25) is 0 Å². The van der Waals surface area contributed by atoms with Gasteiger partial charge in [-0.1, -0.05) is 12.8 Å². The van der Waals surface area contributed by atoms with E-state index < -0.39 is 5.91 Å². The number of carbonyl (C=O) groups is 1. The molecule has 8 heteroatoms. The maximum absolute atomic E-state index is 12.0. The van der Waals surface area contributed by atoms with Gasteiger partial charge in [-0.25, -0.2) is 9.50 Å². The Hall–Kier alpha value is -3.13. The molecule has 28 heavy (non-hydrogen) atoms. The molecule has 1 fully saturated rings. The summed E-state index contributed by atoms with van der Waals surface area (Å²) >= 11 is 0. The number of aliphatic hydroxyl groups excluding tert-OH is 1. The van der Waals surface area contributed by atoms with Gasteiger partial charge in [0.25, 0.3) is 5.91 Å². The summed E-state index contributed by atoms with van der Waals surface area (Å²) in [5.41, 5.74) is 8.98. The number of amides is 1. The van der Waals surface area contributed by atoms with Crippen molar-refractivity contribution in [2.24, 2.45) is 11.7 Å². The van der Waals surface area contributed by atoms with Crippen LogP contribution in [-0.2, 0) is 0 Å². The fraction of sp³-hybridized carbons (Fsp3) is 0.350. The van der Waals surface area contributed by atoms with Gasteiger partial charge in [0.05, 0.1) is 36.7 Å². The molecule has 0 saturated heterocycles. The Morgan fingerprint density at radius 3 is 2.82 bits per heavy atom. The van der Waals surface area contributed by atoms with Gasteiger partial charge in [-0.2, -0.15) is 5.10 Å². The number of carbonyl (C=O) groups excluding carboxylic acids is 1. The van der Waals surface area contributed by atoms with Crippen molar-refractivity contribution in [3.05, 3.63) is 42.4 Å². The van der Waals surface area contributed by atoms with Crippen LogP contribution in [0.3, 0.4) is 0 Å². The Kier molecular flexibility index (Phi) is 4.87. The van der Waals surface area contributed by atoms with Gasteiger partial charge in [0.1, 0.15) is 0 Å². The number of aromatic nitrogens is 3. The normalized spacial score (nSPS) is 14.8. The van der Waals surface area contributed by atoms with Crippen molar-refractivity contribution < 1.29 is 14.6 Å². The molecule has 8 nitrogen and oxygen atoms in total. The average Bonchev–Trinajstić information content (AvgIpc) is 3.42. The summed E-state index contributed by atoms with van der Waals surface area (Å²) in [6.07, 6.45) is 8.28. The zero-order chi connectivity index (χ0) is 19.7. The number of methoxy groups -OCH3 is 1. The summed E-state index contributed by atoms with van der Waals surface area (Å²) < 4.78 is 6.80. The van der Waals surface area contributed by atoms with Crippen LogP contribution in [0.1, 0.15) is 29.6 Å². The van der Waals surface area contributed by atoms with Crippen LogP contribution in [0.4, 0.5) is 5.69 Å². The number of nitrogens with two attached hydrogens (primary N) is 1. The number of ether oxygens (including phenoxy) is 1. The summed E-state index contributed by atoms with van der Waals surface area (Å²) in [5, 5.41) is 17.4. The lowest BCUT2D eigenvalue weighted by Crippen LogP contribution is -2.27. The predicted octanol–water partition coefficient (Wildman–Crippen LogP) is 2.08. The van der Waals surface area contributed by atoms with Gasteiger partial charge in [0, 0.05) is 35.6 Å². The molecule has 1 aliphatic rings. The first-order valence-electron chi connectivity index (χ1n) is 9.28. The molecule has 0 aliphatic heterocycles. The second kappa shape index (κ2) is 7.47. The van der Waals surface area contributed by atoms with Crippen molar-refractivity contribution in [2.75, 3.05) is 19.0 Å². The van der Waals surface area contributed by atoms with Gasteiger partial charge in [0.15, 0.2) is 0 Å². The summed E-state index contributed by atoms with van der Waals surface area (Å²) in [6, 6.07) is 5.48. The van der Waals surface area contributed by atoms with E-state index in [4.69, 9.17) is 10.5 Å². The largest absolute Gasteiger partial charge is 0.481 e. The Bertz CT molecular complexity index is 995. The molecule has 0 radical (unpaired) electrons. The van der Waals surface area contributed by atoms with Gasteiger partial charge < -0.3 is 20.9 Å². The SMILES string of the molecule is COc1ccc(-c2cc3c(N[C@H](CO)CC4CC4)c(C(N)=O)cnn3c2)cn1. The van der Waals surface area contributed by atoms with E-state index in [0.717, 1.165) is 23.1 Å². The van der Waals surface area contributed by atoms with Crippen molar-refractivity contribution in [3.63, 3.8) is 0 Å². The average molecular weight is 381 g/mol. The number of pyridine rings is 1.